The van der Waals surface area contributed by atoms with Crippen molar-refractivity contribution in [2.24, 2.45) is 0 Å². The number of aryl methyl sites for hydroxylation is 1. The van der Waals surface area contributed by atoms with Gasteiger partial charge in [-0.2, -0.15) is 0 Å². The van der Waals surface area contributed by atoms with Crippen molar-refractivity contribution in [2.45, 2.75) is 32.7 Å². The smallest absolute Gasteiger partial charge is 0.171 e. The Hall–Kier alpha value is -0.910. The molecule has 0 aliphatic heterocycles. The van der Waals surface area contributed by atoms with E-state index in [1.807, 2.05) is 19.9 Å². The zero-order chi connectivity index (χ0) is 11.3. The van der Waals surface area contributed by atoms with E-state index >= 15 is 0 Å². The van der Waals surface area contributed by atoms with Crippen LogP contribution in [0.15, 0.2) is 10.6 Å². The summed E-state index contributed by atoms with van der Waals surface area (Å²) in [5.74, 6) is 0.810. The van der Waals surface area contributed by atoms with Crippen molar-refractivity contribution >= 4 is 0 Å². The maximum absolute atomic E-state index is 5.12. The fraction of sp³-hybridized carbons (Fsp3) is 0.700. The van der Waals surface area contributed by atoms with Crippen molar-refractivity contribution in [3.05, 3.63) is 17.5 Å². The van der Waals surface area contributed by atoms with Gasteiger partial charge in [-0.15, -0.1) is 0 Å². The van der Waals surface area contributed by atoms with Gasteiger partial charge in [0.2, 0.25) is 0 Å². The van der Waals surface area contributed by atoms with Crippen LogP contribution >= 0.6 is 0 Å². The molecule has 0 saturated heterocycles. The summed E-state index contributed by atoms with van der Waals surface area (Å²) >= 11 is 0. The quantitative estimate of drug-likeness (QED) is 0.718. The summed E-state index contributed by atoms with van der Waals surface area (Å²) in [4.78, 5) is 0. The molecule has 0 fully saturated rings. The largest absolute Gasteiger partial charge is 0.360 e. The molecule has 5 nitrogen and oxygen atoms in total. The molecule has 15 heavy (non-hydrogen) atoms. The fourth-order valence-electron chi connectivity index (χ4n) is 1.36. The molecule has 1 rings (SSSR count). The molecule has 86 valence electrons. The molecule has 1 heterocycles. The summed E-state index contributed by atoms with van der Waals surface area (Å²) in [5.41, 5.74) is 0.884. The van der Waals surface area contributed by atoms with E-state index in [0.29, 0.717) is 6.54 Å². The van der Waals surface area contributed by atoms with Crippen LogP contribution in [0, 0.1) is 6.92 Å². The number of ether oxygens (including phenoxy) is 2. The van der Waals surface area contributed by atoms with Gasteiger partial charge < -0.3 is 19.3 Å². The lowest BCUT2D eigenvalue weighted by Crippen LogP contribution is -2.39. The van der Waals surface area contributed by atoms with Crippen molar-refractivity contribution < 1.29 is 14.0 Å². The second kappa shape index (κ2) is 5.85. The van der Waals surface area contributed by atoms with E-state index in [0.717, 1.165) is 11.5 Å². The van der Waals surface area contributed by atoms with Crippen LogP contribution in [0.2, 0.25) is 0 Å². The summed E-state index contributed by atoms with van der Waals surface area (Å²) in [6.07, 6.45) is -0.256. The Bertz CT molecular complexity index is 284. The normalized spacial score (nSPS) is 13.4. The highest BCUT2D eigenvalue weighted by Crippen LogP contribution is 2.04. The van der Waals surface area contributed by atoms with Gasteiger partial charge in [0.25, 0.3) is 0 Å². The van der Waals surface area contributed by atoms with E-state index in [-0.39, 0.29) is 12.3 Å². The van der Waals surface area contributed by atoms with Crippen LogP contribution in [-0.2, 0) is 16.0 Å². The summed E-state index contributed by atoms with van der Waals surface area (Å²) in [6, 6.07) is 1.99. The first-order chi connectivity index (χ1) is 7.17. The molecule has 0 aliphatic carbocycles. The first kappa shape index (κ1) is 12.2. The molecular weight excluding hydrogens is 196 g/mol. The van der Waals surface area contributed by atoms with Crippen LogP contribution in [0.4, 0.5) is 0 Å². The number of hydrogen-bond acceptors (Lipinski definition) is 5. The molecule has 1 unspecified atom stereocenters. The zero-order valence-corrected chi connectivity index (χ0v) is 9.61. The Morgan fingerprint density at radius 2 is 2.13 bits per heavy atom. The summed E-state index contributed by atoms with van der Waals surface area (Å²) in [6.45, 7) is 4.50. The molecule has 0 bridgehead atoms. The van der Waals surface area contributed by atoms with E-state index in [1.54, 1.807) is 14.2 Å². The highest BCUT2D eigenvalue weighted by molar-refractivity contribution is 5.02. The Labute approximate surface area is 89.7 Å². The van der Waals surface area contributed by atoms with Gasteiger partial charge >= 0.3 is 0 Å². The Kier molecular flexibility index (Phi) is 4.74. The van der Waals surface area contributed by atoms with E-state index in [1.165, 1.54) is 0 Å². The van der Waals surface area contributed by atoms with Crippen LogP contribution in [0.5, 0.6) is 0 Å². The van der Waals surface area contributed by atoms with E-state index in [9.17, 15) is 0 Å². The summed E-state index contributed by atoms with van der Waals surface area (Å²) < 4.78 is 15.3. The molecule has 0 aromatic carbocycles. The lowest BCUT2D eigenvalue weighted by molar-refractivity contribution is -0.119. The minimum absolute atomic E-state index is 0.0883. The van der Waals surface area contributed by atoms with E-state index < -0.39 is 0 Å². The second-order valence-electron chi connectivity index (χ2n) is 3.44. The van der Waals surface area contributed by atoms with Crippen LogP contribution < -0.4 is 5.32 Å². The third kappa shape index (κ3) is 3.62. The van der Waals surface area contributed by atoms with E-state index in [4.69, 9.17) is 14.0 Å². The molecule has 1 atom stereocenters. The van der Waals surface area contributed by atoms with Crippen molar-refractivity contribution in [2.75, 3.05) is 14.2 Å². The average Bonchev–Trinajstić information content (AvgIpc) is 2.63. The maximum atomic E-state index is 5.12. The lowest BCUT2D eigenvalue weighted by Gasteiger charge is -2.21. The summed E-state index contributed by atoms with van der Waals surface area (Å²) in [7, 11) is 3.23. The SMILES string of the molecule is COC(OC)C(C)NCc1cc(C)no1. The van der Waals surface area contributed by atoms with Crippen molar-refractivity contribution in [1.82, 2.24) is 10.5 Å². The summed E-state index contributed by atoms with van der Waals surface area (Å²) in [5, 5.41) is 7.03. The predicted molar refractivity (Wildman–Crippen MR) is 55.3 cm³/mol. The van der Waals surface area contributed by atoms with Gasteiger partial charge in [-0.05, 0) is 13.8 Å². The van der Waals surface area contributed by atoms with Crippen molar-refractivity contribution in [3.63, 3.8) is 0 Å². The number of rotatable bonds is 6. The van der Waals surface area contributed by atoms with Gasteiger partial charge in [0.1, 0.15) is 0 Å². The molecule has 0 saturated carbocycles. The van der Waals surface area contributed by atoms with Crippen LogP contribution in [0.25, 0.3) is 0 Å². The van der Waals surface area contributed by atoms with Crippen molar-refractivity contribution in [3.8, 4) is 0 Å². The van der Waals surface area contributed by atoms with E-state index in [2.05, 4.69) is 10.5 Å². The standard InChI is InChI=1S/C10H18N2O3/c1-7-5-9(15-12-7)6-11-8(2)10(13-3)14-4/h5,8,10-11H,6H2,1-4H3. The number of hydrogen-bond donors (Lipinski definition) is 1. The predicted octanol–water partition coefficient (Wildman–Crippen LogP) is 1.08. The number of methoxy groups -OCH3 is 2. The average molecular weight is 214 g/mol. The highest BCUT2D eigenvalue weighted by Gasteiger charge is 2.15. The van der Waals surface area contributed by atoms with Crippen LogP contribution in [0.1, 0.15) is 18.4 Å². The van der Waals surface area contributed by atoms with Gasteiger partial charge in [-0.3, -0.25) is 0 Å². The van der Waals surface area contributed by atoms with Gasteiger partial charge in [-0.25, -0.2) is 0 Å². The third-order valence-corrected chi connectivity index (χ3v) is 2.15. The van der Waals surface area contributed by atoms with Gasteiger partial charge in [0, 0.05) is 20.3 Å². The molecule has 1 aromatic heterocycles. The molecule has 0 radical (unpaired) electrons. The highest BCUT2D eigenvalue weighted by atomic mass is 16.7. The number of nitrogens with one attached hydrogen (secondary N) is 1. The van der Waals surface area contributed by atoms with Crippen LogP contribution in [-0.4, -0.2) is 31.7 Å². The molecule has 5 heteroatoms. The Balaban J connectivity index is 2.36. The second-order valence-corrected chi connectivity index (χ2v) is 3.44. The first-order valence-corrected chi connectivity index (χ1v) is 4.88. The minimum Gasteiger partial charge on any atom is -0.360 e. The first-order valence-electron chi connectivity index (χ1n) is 4.88. The zero-order valence-electron chi connectivity index (χ0n) is 9.61. The minimum atomic E-state index is -0.256. The van der Waals surface area contributed by atoms with Gasteiger partial charge in [-0.1, -0.05) is 5.16 Å². The molecular formula is C10H18N2O3. The van der Waals surface area contributed by atoms with Crippen LogP contribution in [0.3, 0.4) is 0 Å². The lowest BCUT2D eigenvalue weighted by atomic mass is 10.3. The molecule has 1 aromatic rings. The molecule has 0 spiro atoms. The number of aromatic nitrogens is 1. The molecule has 0 aliphatic rings. The Morgan fingerprint density at radius 3 is 2.60 bits per heavy atom. The topological polar surface area (TPSA) is 56.5 Å². The molecule has 0 amide bonds. The number of nitrogens with zero attached hydrogens (tertiary/aromatic N) is 1. The molecule has 1 N–H and O–H groups in total. The Morgan fingerprint density at radius 1 is 1.47 bits per heavy atom. The monoisotopic (exact) mass is 214 g/mol. The maximum Gasteiger partial charge on any atom is 0.171 e. The van der Waals surface area contributed by atoms with Gasteiger partial charge in [0.15, 0.2) is 12.1 Å². The van der Waals surface area contributed by atoms with Crippen molar-refractivity contribution in [1.29, 1.82) is 0 Å². The fourth-order valence-corrected chi connectivity index (χ4v) is 1.36. The van der Waals surface area contributed by atoms with Gasteiger partial charge in [0.05, 0.1) is 18.3 Å². The third-order valence-electron chi connectivity index (χ3n) is 2.15.